The lowest BCUT2D eigenvalue weighted by Gasteiger charge is -2.12. The van der Waals surface area contributed by atoms with Crippen molar-refractivity contribution in [1.82, 2.24) is 5.32 Å². The lowest BCUT2D eigenvalue weighted by atomic mass is 10.00. The Morgan fingerprint density at radius 1 is 1.04 bits per heavy atom. The van der Waals surface area contributed by atoms with Crippen LogP contribution in [0.3, 0.4) is 0 Å². The molecule has 4 heteroatoms. The Morgan fingerprint density at radius 3 is 2.39 bits per heavy atom. The minimum absolute atomic E-state index is 0.0674. The fraction of sp³-hybridized carbons (Fsp3) is 0.263. The van der Waals surface area contributed by atoms with Crippen molar-refractivity contribution in [3.05, 3.63) is 60.2 Å². The van der Waals surface area contributed by atoms with Crippen molar-refractivity contribution in [2.45, 2.75) is 26.3 Å². The van der Waals surface area contributed by atoms with Gasteiger partial charge in [0.25, 0.3) is 5.91 Å². The van der Waals surface area contributed by atoms with E-state index in [0.29, 0.717) is 5.56 Å². The minimum Gasteiger partial charge on any atom is -0.452 e. The SMILES string of the molecule is CC[C@H](C)NC(=O)COC(=O)c1ccccc1-c1ccccc1. The molecule has 0 radical (unpaired) electrons. The summed E-state index contributed by atoms with van der Waals surface area (Å²) < 4.78 is 5.15. The second kappa shape index (κ2) is 8.13. The van der Waals surface area contributed by atoms with Gasteiger partial charge < -0.3 is 10.1 Å². The normalized spacial score (nSPS) is 11.6. The molecule has 0 heterocycles. The summed E-state index contributed by atoms with van der Waals surface area (Å²) in [4.78, 5) is 24.0. The first-order valence-corrected chi connectivity index (χ1v) is 7.72. The molecule has 2 aromatic rings. The van der Waals surface area contributed by atoms with E-state index in [9.17, 15) is 9.59 Å². The Kier molecular flexibility index (Phi) is 5.92. The quantitative estimate of drug-likeness (QED) is 0.832. The molecule has 0 aromatic heterocycles. The van der Waals surface area contributed by atoms with Crippen molar-refractivity contribution < 1.29 is 14.3 Å². The third kappa shape index (κ3) is 4.68. The van der Waals surface area contributed by atoms with Gasteiger partial charge in [-0.15, -0.1) is 0 Å². The van der Waals surface area contributed by atoms with Gasteiger partial charge in [0.2, 0.25) is 0 Å². The maximum atomic E-state index is 12.3. The lowest BCUT2D eigenvalue weighted by molar-refractivity contribution is -0.124. The van der Waals surface area contributed by atoms with E-state index in [1.807, 2.05) is 56.3 Å². The highest BCUT2D eigenvalue weighted by molar-refractivity contribution is 5.98. The number of nitrogens with one attached hydrogen (secondary N) is 1. The molecular formula is C19H21NO3. The summed E-state index contributed by atoms with van der Waals surface area (Å²) in [5.41, 5.74) is 2.18. The van der Waals surface area contributed by atoms with Gasteiger partial charge in [0.05, 0.1) is 5.56 Å². The van der Waals surface area contributed by atoms with Gasteiger partial charge in [-0.25, -0.2) is 4.79 Å². The molecule has 0 aliphatic rings. The number of ether oxygens (including phenoxy) is 1. The standard InChI is InChI=1S/C19H21NO3/c1-3-14(2)20-18(21)13-23-19(22)17-12-8-7-11-16(17)15-9-5-4-6-10-15/h4-12,14H,3,13H2,1-2H3,(H,20,21)/t14-/m0/s1. The predicted molar refractivity (Wildman–Crippen MR) is 90.1 cm³/mol. The number of carbonyl (C=O) groups excluding carboxylic acids is 2. The van der Waals surface area contributed by atoms with Crippen LogP contribution in [0.25, 0.3) is 11.1 Å². The zero-order valence-electron chi connectivity index (χ0n) is 13.4. The monoisotopic (exact) mass is 311 g/mol. The Labute approximate surface area is 136 Å². The second-order valence-corrected chi connectivity index (χ2v) is 5.36. The molecule has 23 heavy (non-hydrogen) atoms. The van der Waals surface area contributed by atoms with E-state index in [1.165, 1.54) is 0 Å². The van der Waals surface area contributed by atoms with Crippen molar-refractivity contribution in [2.24, 2.45) is 0 Å². The minimum atomic E-state index is -0.497. The summed E-state index contributed by atoms with van der Waals surface area (Å²) in [5.74, 6) is -0.784. The van der Waals surface area contributed by atoms with Crippen molar-refractivity contribution in [3.63, 3.8) is 0 Å². The molecule has 0 saturated carbocycles. The lowest BCUT2D eigenvalue weighted by Crippen LogP contribution is -2.35. The molecule has 0 aliphatic carbocycles. The fourth-order valence-electron chi connectivity index (χ4n) is 2.16. The average molecular weight is 311 g/mol. The number of benzene rings is 2. The maximum Gasteiger partial charge on any atom is 0.339 e. The van der Waals surface area contributed by atoms with Crippen molar-refractivity contribution >= 4 is 11.9 Å². The predicted octanol–water partition coefficient (Wildman–Crippen LogP) is 3.43. The van der Waals surface area contributed by atoms with Crippen molar-refractivity contribution in [1.29, 1.82) is 0 Å². The van der Waals surface area contributed by atoms with Gasteiger partial charge in [-0.2, -0.15) is 0 Å². The van der Waals surface area contributed by atoms with Crippen LogP contribution in [-0.4, -0.2) is 24.5 Å². The molecule has 0 fully saturated rings. The van der Waals surface area contributed by atoms with E-state index < -0.39 is 5.97 Å². The van der Waals surface area contributed by atoms with Crippen LogP contribution in [-0.2, 0) is 9.53 Å². The summed E-state index contributed by atoms with van der Waals surface area (Å²) >= 11 is 0. The number of hydrogen-bond acceptors (Lipinski definition) is 3. The molecule has 4 nitrogen and oxygen atoms in total. The molecule has 0 spiro atoms. The summed E-state index contributed by atoms with van der Waals surface area (Å²) in [7, 11) is 0. The number of esters is 1. The summed E-state index contributed by atoms with van der Waals surface area (Å²) in [6, 6.07) is 16.9. The number of amides is 1. The smallest absolute Gasteiger partial charge is 0.339 e. The Hall–Kier alpha value is -2.62. The Bertz CT molecular complexity index is 667. The molecule has 0 bridgehead atoms. The van der Waals surface area contributed by atoms with Gasteiger partial charge in [0, 0.05) is 6.04 Å². The first kappa shape index (κ1) is 16.7. The molecule has 120 valence electrons. The molecule has 0 aliphatic heterocycles. The summed E-state index contributed by atoms with van der Waals surface area (Å²) in [6.07, 6.45) is 0.830. The van der Waals surface area contributed by atoms with Crippen LogP contribution in [0, 0.1) is 0 Å². The van der Waals surface area contributed by atoms with E-state index in [0.717, 1.165) is 17.5 Å². The molecule has 2 aromatic carbocycles. The topological polar surface area (TPSA) is 55.4 Å². The maximum absolute atomic E-state index is 12.3. The van der Waals surface area contributed by atoms with Gasteiger partial charge >= 0.3 is 5.97 Å². The van der Waals surface area contributed by atoms with Crippen molar-refractivity contribution in [3.8, 4) is 11.1 Å². The Morgan fingerprint density at radius 2 is 1.70 bits per heavy atom. The van der Waals surface area contributed by atoms with Crippen LogP contribution in [0.5, 0.6) is 0 Å². The Balaban J connectivity index is 2.07. The van der Waals surface area contributed by atoms with E-state index in [4.69, 9.17) is 4.74 Å². The molecule has 1 N–H and O–H groups in total. The summed E-state index contributed by atoms with van der Waals surface area (Å²) in [6.45, 7) is 3.61. The molecule has 1 amide bonds. The zero-order valence-corrected chi connectivity index (χ0v) is 13.4. The van der Waals surface area contributed by atoms with Crippen molar-refractivity contribution in [2.75, 3.05) is 6.61 Å². The molecule has 1 atom stereocenters. The highest BCUT2D eigenvalue weighted by Gasteiger charge is 2.15. The largest absolute Gasteiger partial charge is 0.452 e. The van der Waals surface area contributed by atoms with Gasteiger partial charge in [0.1, 0.15) is 0 Å². The number of hydrogen-bond donors (Lipinski definition) is 1. The first-order chi connectivity index (χ1) is 11.1. The second-order valence-electron chi connectivity index (χ2n) is 5.36. The van der Waals surface area contributed by atoms with E-state index in [-0.39, 0.29) is 18.6 Å². The molecule has 0 saturated heterocycles. The van der Waals surface area contributed by atoms with Crippen LogP contribution in [0.2, 0.25) is 0 Å². The van der Waals surface area contributed by atoms with E-state index in [2.05, 4.69) is 5.32 Å². The molecule has 2 rings (SSSR count). The van der Waals surface area contributed by atoms with E-state index >= 15 is 0 Å². The molecule has 0 unspecified atom stereocenters. The average Bonchev–Trinajstić information content (AvgIpc) is 2.60. The molecular weight excluding hydrogens is 290 g/mol. The summed E-state index contributed by atoms with van der Waals surface area (Å²) in [5, 5.41) is 2.77. The number of carbonyl (C=O) groups is 2. The zero-order chi connectivity index (χ0) is 16.7. The van der Waals surface area contributed by atoms with E-state index in [1.54, 1.807) is 12.1 Å². The van der Waals surface area contributed by atoms with Gasteiger partial charge in [-0.1, -0.05) is 55.5 Å². The fourth-order valence-corrected chi connectivity index (χ4v) is 2.16. The highest BCUT2D eigenvalue weighted by Crippen LogP contribution is 2.23. The van der Waals surface area contributed by atoms with Crippen LogP contribution >= 0.6 is 0 Å². The van der Waals surface area contributed by atoms with Gasteiger partial charge in [-0.05, 0) is 30.5 Å². The van der Waals surface area contributed by atoms with Crippen LogP contribution < -0.4 is 5.32 Å². The number of rotatable bonds is 6. The highest BCUT2D eigenvalue weighted by atomic mass is 16.5. The van der Waals surface area contributed by atoms with Crippen LogP contribution in [0.15, 0.2) is 54.6 Å². The van der Waals surface area contributed by atoms with Crippen LogP contribution in [0.1, 0.15) is 30.6 Å². The van der Waals surface area contributed by atoms with Crippen LogP contribution in [0.4, 0.5) is 0 Å². The van der Waals surface area contributed by atoms with Gasteiger partial charge in [0.15, 0.2) is 6.61 Å². The third-order valence-electron chi connectivity index (χ3n) is 3.59. The third-order valence-corrected chi connectivity index (χ3v) is 3.59. The first-order valence-electron chi connectivity index (χ1n) is 7.72. The van der Waals surface area contributed by atoms with Gasteiger partial charge in [-0.3, -0.25) is 4.79 Å².